The summed E-state index contributed by atoms with van der Waals surface area (Å²) in [5, 5.41) is 8.14. The van der Waals surface area contributed by atoms with Gasteiger partial charge in [0.1, 0.15) is 28.7 Å². The van der Waals surface area contributed by atoms with Crippen molar-refractivity contribution in [3.63, 3.8) is 0 Å². The number of fused-ring (bicyclic) bond motifs is 3. The molecule has 2 aromatic heterocycles. The van der Waals surface area contributed by atoms with Crippen LogP contribution in [0.25, 0.3) is 16.7 Å². The van der Waals surface area contributed by atoms with Gasteiger partial charge in [0.2, 0.25) is 0 Å². The van der Waals surface area contributed by atoms with E-state index in [4.69, 9.17) is 0 Å². The number of carbonyl (C=O) groups excluding carboxylic acids is 1. The monoisotopic (exact) mass is 461 g/mol. The van der Waals surface area contributed by atoms with Crippen molar-refractivity contribution in [2.75, 3.05) is 31.1 Å². The Morgan fingerprint density at radius 3 is 2.47 bits per heavy atom. The molecule has 2 aliphatic heterocycles. The van der Waals surface area contributed by atoms with E-state index in [0.29, 0.717) is 48.7 Å². The third-order valence-corrected chi connectivity index (χ3v) is 6.52. The molecule has 2 atom stereocenters. The number of halogens is 2. The molecule has 10 heteroatoms. The second-order valence-electron chi connectivity index (χ2n) is 8.90. The van der Waals surface area contributed by atoms with Gasteiger partial charge in [-0.3, -0.25) is 9.78 Å². The molecule has 0 radical (unpaired) electrons. The second kappa shape index (κ2) is 8.12. The molecular formula is C24H21F2N7O. The van der Waals surface area contributed by atoms with Gasteiger partial charge in [0, 0.05) is 32.2 Å². The van der Waals surface area contributed by atoms with Gasteiger partial charge in [-0.25, -0.2) is 13.8 Å². The minimum atomic E-state index is -0.587. The Kier molecular flexibility index (Phi) is 4.93. The van der Waals surface area contributed by atoms with E-state index >= 15 is 0 Å². The Morgan fingerprint density at radius 2 is 1.71 bits per heavy atom. The van der Waals surface area contributed by atoms with Crippen molar-refractivity contribution < 1.29 is 13.6 Å². The van der Waals surface area contributed by atoms with E-state index in [0.717, 1.165) is 6.42 Å². The minimum Gasteiger partial charge on any atom is -0.355 e. The third-order valence-electron chi connectivity index (χ3n) is 6.52. The van der Waals surface area contributed by atoms with E-state index < -0.39 is 5.82 Å². The third kappa shape index (κ3) is 3.64. The number of hydrogen-bond acceptors (Lipinski definition) is 6. The summed E-state index contributed by atoms with van der Waals surface area (Å²) < 4.78 is 28.5. The highest BCUT2D eigenvalue weighted by Crippen LogP contribution is 2.32. The largest absolute Gasteiger partial charge is 0.355 e. The van der Waals surface area contributed by atoms with Crippen molar-refractivity contribution in [1.82, 2.24) is 29.9 Å². The average molecular weight is 461 g/mol. The van der Waals surface area contributed by atoms with Gasteiger partial charge in [0.15, 0.2) is 0 Å². The van der Waals surface area contributed by atoms with Crippen molar-refractivity contribution in [3.8, 4) is 5.69 Å². The fourth-order valence-electron chi connectivity index (χ4n) is 5.15. The van der Waals surface area contributed by atoms with E-state index in [1.807, 2.05) is 0 Å². The lowest BCUT2D eigenvalue weighted by Gasteiger charge is -2.46. The molecule has 6 rings (SSSR count). The number of likely N-dealkylation sites (tertiary alicyclic amines) is 1. The van der Waals surface area contributed by atoms with Gasteiger partial charge >= 0.3 is 0 Å². The normalized spacial score (nSPS) is 20.1. The van der Waals surface area contributed by atoms with Gasteiger partial charge in [0.25, 0.3) is 5.91 Å². The summed E-state index contributed by atoms with van der Waals surface area (Å²) in [5.41, 5.74) is 1.47. The zero-order valence-electron chi connectivity index (χ0n) is 18.2. The first-order chi connectivity index (χ1) is 16.5. The summed E-state index contributed by atoms with van der Waals surface area (Å²) in [5.74, 6) is -0.167. The zero-order valence-corrected chi connectivity index (χ0v) is 18.2. The van der Waals surface area contributed by atoms with Crippen molar-refractivity contribution in [1.29, 1.82) is 0 Å². The average Bonchev–Trinajstić information content (AvgIpc) is 3.37. The van der Waals surface area contributed by atoms with Crippen LogP contribution in [0, 0.1) is 23.5 Å². The molecule has 34 heavy (non-hydrogen) atoms. The van der Waals surface area contributed by atoms with E-state index in [9.17, 15) is 13.6 Å². The van der Waals surface area contributed by atoms with Gasteiger partial charge in [-0.2, -0.15) is 15.0 Å². The molecule has 0 spiro atoms. The first kappa shape index (κ1) is 20.6. The Morgan fingerprint density at radius 1 is 0.941 bits per heavy atom. The number of aromatic nitrogens is 5. The molecule has 8 nitrogen and oxygen atoms in total. The maximum Gasteiger partial charge on any atom is 0.259 e. The number of amides is 1. The molecule has 172 valence electrons. The number of benzene rings is 2. The number of piperidine rings is 2. The van der Waals surface area contributed by atoms with Crippen molar-refractivity contribution in [2.24, 2.45) is 11.8 Å². The maximum atomic E-state index is 14.8. The van der Waals surface area contributed by atoms with E-state index in [1.54, 1.807) is 29.3 Å². The molecule has 2 unspecified atom stereocenters. The van der Waals surface area contributed by atoms with Gasteiger partial charge in [-0.1, -0.05) is 6.07 Å². The Balaban J connectivity index is 1.23. The minimum absolute atomic E-state index is 0.0158. The van der Waals surface area contributed by atoms with Crippen LogP contribution < -0.4 is 4.90 Å². The quantitative estimate of drug-likeness (QED) is 0.467. The van der Waals surface area contributed by atoms with E-state index in [1.165, 1.54) is 35.4 Å². The molecule has 4 aromatic rings. The zero-order chi connectivity index (χ0) is 23.2. The van der Waals surface area contributed by atoms with Crippen LogP contribution in [0.15, 0.2) is 55.0 Å². The number of hydrogen-bond donors (Lipinski definition) is 0. The first-order valence-corrected chi connectivity index (χ1v) is 11.2. The van der Waals surface area contributed by atoms with Crippen molar-refractivity contribution >= 4 is 22.8 Å². The number of carbonyl (C=O) groups is 1. The standard InChI is InChI=1S/C24H21F2N7O/c25-17-4-5-19-20(9-17)30-22(10-27-19)31-11-15-8-16(12-31)14-32(13-15)24(34)23-18(26)2-1-3-21(23)33-28-6-7-29-33/h1-7,9-10,15-16H,8,11-14H2. The van der Waals surface area contributed by atoms with Crippen LogP contribution in [0.3, 0.4) is 0 Å². The number of rotatable bonds is 3. The van der Waals surface area contributed by atoms with Crippen LogP contribution in [0.5, 0.6) is 0 Å². The summed E-state index contributed by atoms with van der Waals surface area (Å²) in [6.07, 6.45) is 5.68. The fraction of sp³-hybridized carbons (Fsp3) is 0.292. The fourth-order valence-corrected chi connectivity index (χ4v) is 5.15. The molecular weight excluding hydrogens is 440 g/mol. The smallest absolute Gasteiger partial charge is 0.259 e. The van der Waals surface area contributed by atoms with Crippen LogP contribution in [-0.2, 0) is 0 Å². The van der Waals surface area contributed by atoms with Crippen LogP contribution in [0.2, 0.25) is 0 Å². The van der Waals surface area contributed by atoms with E-state index in [-0.39, 0.29) is 29.1 Å². The summed E-state index contributed by atoms with van der Waals surface area (Å²) in [7, 11) is 0. The Bertz CT molecular complexity index is 1360. The highest BCUT2D eigenvalue weighted by Gasteiger charge is 2.38. The molecule has 2 fully saturated rings. The van der Waals surface area contributed by atoms with Crippen molar-refractivity contribution in [3.05, 3.63) is 72.2 Å². The van der Waals surface area contributed by atoms with Gasteiger partial charge < -0.3 is 9.80 Å². The topological polar surface area (TPSA) is 80.0 Å². The molecule has 2 aliphatic rings. The van der Waals surface area contributed by atoms with Crippen LogP contribution >= 0.6 is 0 Å². The van der Waals surface area contributed by atoms with Gasteiger partial charge in [-0.15, -0.1) is 0 Å². The molecule has 2 aromatic carbocycles. The lowest BCUT2D eigenvalue weighted by molar-refractivity contribution is 0.0559. The molecule has 0 saturated carbocycles. The van der Waals surface area contributed by atoms with Crippen LogP contribution in [0.4, 0.5) is 14.6 Å². The maximum absolute atomic E-state index is 14.8. The van der Waals surface area contributed by atoms with Gasteiger partial charge in [0.05, 0.1) is 29.6 Å². The molecule has 4 heterocycles. The lowest BCUT2D eigenvalue weighted by atomic mass is 9.84. The van der Waals surface area contributed by atoms with Gasteiger partial charge in [-0.05, 0) is 42.5 Å². The predicted molar refractivity (Wildman–Crippen MR) is 121 cm³/mol. The summed E-state index contributed by atoms with van der Waals surface area (Å²) >= 11 is 0. The van der Waals surface area contributed by atoms with Crippen molar-refractivity contribution in [2.45, 2.75) is 6.42 Å². The lowest BCUT2D eigenvalue weighted by Crippen LogP contribution is -2.54. The molecule has 2 bridgehead atoms. The Hall–Kier alpha value is -3.95. The first-order valence-electron chi connectivity index (χ1n) is 11.2. The summed E-state index contributed by atoms with van der Waals surface area (Å²) in [4.78, 5) is 27.6. The SMILES string of the molecule is O=C(c1c(F)cccc1-n1nccn1)N1CC2CC(C1)CN(c1cnc3ccc(F)cc3n1)C2. The predicted octanol–water partition coefficient (Wildman–Crippen LogP) is 3.09. The summed E-state index contributed by atoms with van der Waals surface area (Å²) in [6, 6.07) is 8.85. The molecule has 0 aliphatic carbocycles. The molecule has 0 N–H and O–H groups in total. The number of nitrogens with zero attached hydrogens (tertiary/aromatic N) is 7. The van der Waals surface area contributed by atoms with E-state index in [2.05, 4.69) is 25.1 Å². The van der Waals surface area contributed by atoms with Crippen LogP contribution in [-0.4, -0.2) is 61.9 Å². The highest BCUT2D eigenvalue weighted by atomic mass is 19.1. The second-order valence-corrected chi connectivity index (χ2v) is 8.90. The number of anilines is 1. The Labute approximate surface area is 193 Å². The highest BCUT2D eigenvalue weighted by molar-refractivity contribution is 5.98. The molecule has 1 amide bonds. The molecule has 2 saturated heterocycles. The van der Waals surface area contributed by atoms with Crippen LogP contribution in [0.1, 0.15) is 16.8 Å². The summed E-state index contributed by atoms with van der Waals surface area (Å²) in [6.45, 7) is 2.42.